The maximum atomic E-state index is 12.5. The van der Waals surface area contributed by atoms with E-state index in [2.05, 4.69) is 22.3 Å². The van der Waals surface area contributed by atoms with Crippen LogP contribution in [0.15, 0.2) is 65.6 Å². The Kier molecular flexibility index (Phi) is 5.21. The lowest BCUT2D eigenvalue weighted by molar-refractivity contribution is 0.487. The maximum absolute atomic E-state index is 12.5. The maximum Gasteiger partial charge on any atom is 0.179 e. The third-order valence-electron chi connectivity index (χ3n) is 4.40. The standard InChI is InChI=1S/C19H24N2O2S/c1-16(15-24(22,23)19-10-6-3-7-11-19)20-17-12-13-21(14-17)18-8-4-2-5-9-18/h2-11,16-17,20H,12-15H2,1H3/t16-,17+/m0/s1. The molecule has 1 heterocycles. The molecule has 4 nitrogen and oxygen atoms in total. The smallest absolute Gasteiger partial charge is 0.179 e. The van der Waals surface area contributed by atoms with Gasteiger partial charge in [0.15, 0.2) is 9.84 Å². The molecule has 2 aromatic carbocycles. The molecule has 1 fully saturated rings. The Bertz CT molecular complexity index is 747. The van der Waals surface area contributed by atoms with E-state index in [0.29, 0.717) is 10.9 Å². The number of anilines is 1. The summed E-state index contributed by atoms with van der Waals surface area (Å²) in [5.74, 6) is 0.124. The van der Waals surface area contributed by atoms with Gasteiger partial charge in [-0.1, -0.05) is 36.4 Å². The van der Waals surface area contributed by atoms with Gasteiger partial charge in [0.25, 0.3) is 0 Å². The van der Waals surface area contributed by atoms with Crippen LogP contribution in [-0.2, 0) is 9.84 Å². The molecule has 0 saturated carbocycles. The van der Waals surface area contributed by atoms with Gasteiger partial charge in [0.1, 0.15) is 0 Å². The topological polar surface area (TPSA) is 49.4 Å². The molecule has 0 amide bonds. The molecule has 1 N–H and O–H groups in total. The van der Waals surface area contributed by atoms with E-state index in [1.807, 2.05) is 31.2 Å². The number of nitrogens with one attached hydrogen (secondary N) is 1. The zero-order valence-electron chi connectivity index (χ0n) is 13.9. The minimum absolute atomic E-state index is 0.0732. The third-order valence-corrected chi connectivity index (χ3v) is 6.33. The van der Waals surface area contributed by atoms with Crippen LogP contribution in [-0.4, -0.2) is 39.3 Å². The number of sulfone groups is 1. The van der Waals surface area contributed by atoms with E-state index in [0.717, 1.165) is 19.5 Å². The van der Waals surface area contributed by atoms with Gasteiger partial charge in [0, 0.05) is 30.9 Å². The van der Waals surface area contributed by atoms with Crippen molar-refractivity contribution in [2.75, 3.05) is 23.7 Å². The lowest BCUT2D eigenvalue weighted by Gasteiger charge is -2.21. The molecule has 1 aliphatic heterocycles. The molecule has 2 aromatic rings. The van der Waals surface area contributed by atoms with Gasteiger partial charge in [-0.15, -0.1) is 0 Å². The summed E-state index contributed by atoms with van der Waals surface area (Å²) >= 11 is 0. The molecule has 0 radical (unpaired) electrons. The Morgan fingerprint density at radius 3 is 2.38 bits per heavy atom. The van der Waals surface area contributed by atoms with Crippen molar-refractivity contribution < 1.29 is 8.42 Å². The summed E-state index contributed by atoms with van der Waals surface area (Å²) in [5.41, 5.74) is 1.23. The molecule has 0 unspecified atom stereocenters. The van der Waals surface area contributed by atoms with Crippen molar-refractivity contribution in [3.8, 4) is 0 Å². The summed E-state index contributed by atoms with van der Waals surface area (Å²) in [4.78, 5) is 2.74. The van der Waals surface area contributed by atoms with Gasteiger partial charge in [0.2, 0.25) is 0 Å². The molecule has 24 heavy (non-hydrogen) atoms. The van der Waals surface area contributed by atoms with Gasteiger partial charge in [-0.25, -0.2) is 8.42 Å². The largest absolute Gasteiger partial charge is 0.370 e. The normalized spacial score (nSPS) is 19.4. The second-order valence-corrected chi connectivity index (χ2v) is 8.46. The zero-order valence-corrected chi connectivity index (χ0v) is 14.7. The van der Waals surface area contributed by atoms with Gasteiger partial charge >= 0.3 is 0 Å². The lowest BCUT2D eigenvalue weighted by Crippen LogP contribution is -2.42. The summed E-state index contributed by atoms with van der Waals surface area (Å²) in [6.07, 6.45) is 1.03. The fraction of sp³-hybridized carbons (Fsp3) is 0.368. The van der Waals surface area contributed by atoms with Crippen molar-refractivity contribution >= 4 is 15.5 Å². The molecule has 0 bridgehead atoms. The highest BCUT2D eigenvalue weighted by Crippen LogP contribution is 2.20. The number of para-hydroxylation sites is 1. The van der Waals surface area contributed by atoms with Crippen molar-refractivity contribution in [3.63, 3.8) is 0 Å². The van der Waals surface area contributed by atoms with E-state index in [4.69, 9.17) is 0 Å². The Morgan fingerprint density at radius 1 is 1.08 bits per heavy atom. The SMILES string of the molecule is C[C@@H](CS(=O)(=O)c1ccccc1)N[C@@H]1CCN(c2ccccc2)C1. The van der Waals surface area contributed by atoms with E-state index in [1.54, 1.807) is 24.3 Å². The summed E-state index contributed by atoms with van der Waals surface area (Å²) in [7, 11) is -3.24. The molecule has 1 saturated heterocycles. The molecule has 3 rings (SSSR count). The molecular formula is C19H24N2O2S. The summed E-state index contributed by atoms with van der Waals surface area (Å²) in [6, 6.07) is 19.3. The van der Waals surface area contributed by atoms with Crippen LogP contribution in [0.5, 0.6) is 0 Å². The molecule has 0 aliphatic carbocycles. The van der Waals surface area contributed by atoms with Gasteiger partial charge < -0.3 is 10.2 Å². The Morgan fingerprint density at radius 2 is 1.71 bits per heavy atom. The van der Waals surface area contributed by atoms with Crippen molar-refractivity contribution in [2.45, 2.75) is 30.3 Å². The molecular weight excluding hydrogens is 320 g/mol. The first kappa shape index (κ1) is 17.0. The Balaban J connectivity index is 1.55. The first-order valence-electron chi connectivity index (χ1n) is 8.38. The second-order valence-electron chi connectivity index (χ2n) is 6.43. The van der Waals surface area contributed by atoms with Crippen LogP contribution in [0.4, 0.5) is 5.69 Å². The first-order valence-corrected chi connectivity index (χ1v) is 10.0. The quantitative estimate of drug-likeness (QED) is 0.875. The predicted molar refractivity (Wildman–Crippen MR) is 98.2 cm³/mol. The fourth-order valence-electron chi connectivity index (χ4n) is 3.27. The Labute approximate surface area is 144 Å². The van der Waals surface area contributed by atoms with Crippen molar-refractivity contribution in [1.29, 1.82) is 0 Å². The molecule has 0 aromatic heterocycles. The van der Waals surface area contributed by atoms with Crippen molar-refractivity contribution in [1.82, 2.24) is 5.32 Å². The van der Waals surface area contributed by atoms with E-state index in [-0.39, 0.29) is 11.8 Å². The second kappa shape index (κ2) is 7.36. The van der Waals surface area contributed by atoms with E-state index in [1.165, 1.54) is 5.69 Å². The van der Waals surface area contributed by atoms with Crippen LogP contribution in [0.1, 0.15) is 13.3 Å². The molecule has 5 heteroatoms. The number of hydrogen-bond donors (Lipinski definition) is 1. The highest BCUT2D eigenvalue weighted by molar-refractivity contribution is 7.91. The average Bonchev–Trinajstić information content (AvgIpc) is 3.04. The predicted octanol–water partition coefficient (Wildman–Crippen LogP) is 2.72. The van der Waals surface area contributed by atoms with E-state index < -0.39 is 9.84 Å². The van der Waals surface area contributed by atoms with Gasteiger partial charge in [0.05, 0.1) is 10.6 Å². The van der Waals surface area contributed by atoms with E-state index >= 15 is 0 Å². The first-order chi connectivity index (χ1) is 11.5. The number of benzene rings is 2. The zero-order chi connectivity index (χ0) is 17.0. The van der Waals surface area contributed by atoms with Crippen LogP contribution in [0.2, 0.25) is 0 Å². The van der Waals surface area contributed by atoms with Crippen molar-refractivity contribution in [2.24, 2.45) is 0 Å². The summed E-state index contributed by atoms with van der Waals surface area (Å²) in [6.45, 7) is 3.87. The molecule has 1 aliphatic rings. The van der Waals surface area contributed by atoms with E-state index in [9.17, 15) is 8.42 Å². The highest BCUT2D eigenvalue weighted by Gasteiger charge is 2.26. The number of nitrogens with zero attached hydrogens (tertiary/aromatic N) is 1. The number of hydrogen-bond acceptors (Lipinski definition) is 4. The van der Waals surface area contributed by atoms with Crippen LogP contribution in [0.3, 0.4) is 0 Å². The minimum atomic E-state index is -3.24. The van der Waals surface area contributed by atoms with Crippen LogP contribution < -0.4 is 10.2 Å². The summed E-state index contributed by atoms with van der Waals surface area (Å²) in [5, 5.41) is 3.48. The molecule has 2 atom stereocenters. The molecule has 0 spiro atoms. The monoisotopic (exact) mass is 344 g/mol. The van der Waals surface area contributed by atoms with Gasteiger partial charge in [-0.2, -0.15) is 0 Å². The van der Waals surface area contributed by atoms with Gasteiger partial charge in [-0.05, 0) is 37.6 Å². The van der Waals surface area contributed by atoms with Crippen molar-refractivity contribution in [3.05, 3.63) is 60.7 Å². The average molecular weight is 344 g/mol. The van der Waals surface area contributed by atoms with Crippen LogP contribution >= 0.6 is 0 Å². The Hall–Kier alpha value is -1.85. The van der Waals surface area contributed by atoms with Crippen LogP contribution in [0.25, 0.3) is 0 Å². The number of rotatable bonds is 6. The third kappa shape index (κ3) is 4.16. The fourth-order valence-corrected chi connectivity index (χ4v) is 4.79. The van der Waals surface area contributed by atoms with Crippen LogP contribution in [0, 0.1) is 0 Å². The lowest BCUT2D eigenvalue weighted by atomic mass is 10.2. The minimum Gasteiger partial charge on any atom is -0.370 e. The summed E-state index contributed by atoms with van der Waals surface area (Å²) < 4.78 is 24.9. The van der Waals surface area contributed by atoms with Gasteiger partial charge in [-0.3, -0.25) is 0 Å². The molecule has 128 valence electrons. The highest BCUT2D eigenvalue weighted by atomic mass is 32.2.